The zero-order valence-electron chi connectivity index (χ0n) is 13.7. The second kappa shape index (κ2) is 8.67. The molecule has 0 aliphatic heterocycles. The highest BCUT2D eigenvalue weighted by Crippen LogP contribution is 2.41. The molecule has 2 unspecified atom stereocenters. The Labute approximate surface area is 148 Å². The first-order chi connectivity index (χ1) is 11.1. The number of nitrogens with two attached hydrogens (primary N) is 1. The Morgan fingerprint density at radius 3 is 2.58 bits per heavy atom. The molecule has 0 aromatic heterocycles. The van der Waals surface area contributed by atoms with Gasteiger partial charge in [-0.05, 0) is 49.7 Å². The number of ether oxygens (including phenoxy) is 1. The number of carbonyl (C=O) groups is 1. The summed E-state index contributed by atoms with van der Waals surface area (Å²) in [6.45, 7) is 0.664. The normalized spacial score (nSPS) is 28.6. The van der Waals surface area contributed by atoms with E-state index >= 15 is 0 Å². The van der Waals surface area contributed by atoms with E-state index < -0.39 is 0 Å². The maximum Gasteiger partial charge on any atom is 0.223 e. The number of rotatable bonds is 5. The van der Waals surface area contributed by atoms with Crippen molar-refractivity contribution < 1.29 is 13.9 Å². The van der Waals surface area contributed by atoms with Crippen LogP contribution >= 0.6 is 12.4 Å². The lowest BCUT2D eigenvalue weighted by Gasteiger charge is -2.43. The molecule has 2 aliphatic carbocycles. The van der Waals surface area contributed by atoms with Gasteiger partial charge >= 0.3 is 0 Å². The number of hydrogen-bond donors (Lipinski definition) is 2. The first-order valence-electron chi connectivity index (χ1n) is 8.55. The number of halogens is 2. The summed E-state index contributed by atoms with van der Waals surface area (Å²) in [4.78, 5) is 12.3. The topological polar surface area (TPSA) is 64.4 Å². The highest BCUT2D eigenvalue weighted by atomic mass is 35.5. The van der Waals surface area contributed by atoms with Crippen molar-refractivity contribution in [3.63, 3.8) is 0 Å². The maximum atomic E-state index is 13.4. The number of benzene rings is 1. The van der Waals surface area contributed by atoms with E-state index in [0.717, 1.165) is 25.7 Å². The molecule has 0 spiro atoms. The van der Waals surface area contributed by atoms with Crippen LogP contribution in [0.5, 0.6) is 5.75 Å². The quantitative estimate of drug-likeness (QED) is 0.797. The molecule has 4 nitrogen and oxygen atoms in total. The monoisotopic (exact) mass is 356 g/mol. The molecule has 1 aromatic carbocycles. The number of fused-ring (bicyclic) bond motifs is 2. The van der Waals surface area contributed by atoms with Gasteiger partial charge in [0.15, 0.2) is 11.6 Å². The zero-order valence-corrected chi connectivity index (χ0v) is 14.6. The highest BCUT2D eigenvalue weighted by Gasteiger charge is 2.40. The molecule has 3 N–H and O–H groups in total. The third-order valence-electron chi connectivity index (χ3n) is 5.28. The molecule has 0 heterocycles. The van der Waals surface area contributed by atoms with Crippen LogP contribution in [0.3, 0.4) is 0 Å². The van der Waals surface area contributed by atoms with Crippen LogP contribution in [-0.4, -0.2) is 25.1 Å². The maximum absolute atomic E-state index is 13.4. The molecule has 6 heteroatoms. The molecule has 0 radical (unpaired) electrons. The number of amides is 1. The van der Waals surface area contributed by atoms with Crippen LogP contribution in [-0.2, 0) is 4.79 Å². The summed E-state index contributed by atoms with van der Waals surface area (Å²) in [5, 5.41) is 2.92. The molecule has 1 aromatic rings. The van der Waals surface area contributed by atoms with Crippen molar-refractivity contribution in [3.05, 3.63) is 30.1 Å². The molecule has 2 saturated carbocycles. The summed E-state index contributed by atoms with van der Waals surface area (Å²) < 4.78 is 18.8. The first-order valence-corrected chi connectivity index (χ1v) is 8.55. The van der Waals surface area contributed by atoms with Crippen LogP contribution in [0.2, 0.25) is 0 Å². The fourth-order valence-electron chi connectivity index (χ4n) is 4.04. The van der Waals surface area contributed by atoms with Crippen LogP contribution in [0, 0.1) is 23.6 Å². The van der Waals surface area contributed by atoms with Crippen molar-refractivity contribution in [1.82, 2.24) is 5.32 Å². The van der Waals surface area contributed by atoms with Crippen LogP contribution < -0.4 is 15.8 Å². The summed E-state index contributed by atoms with van der Waals surface area (Å²) in [5.74, 6) is 0.984. The van der Waals surface area contributed by atoms with E-state index in [1.54, 1.807) is 18.2 Å². The van der Waals surface area contributed by atoms with Crippen LogP contribution in [0.4, 0.5) is 4.39 Å². The largest absolute Gasteiger partial charge is 0.489 e. The van der Waals surface area contributed by atoms with Gasteiger partial charge in [0.25, 0.3) is 0 Å². The van der Waals surface area contributed by atoms with Crippen molar-refractivity contribution in [2.24, 2.45) is 23.5 Å². The Balaban J connectivity index is 0.00000208. The average Bonchev–Trinajstić information content (AvgIpc) is 2.52. The lowest BCUT2D eigenvalue weighted by Crippen LogP contribution is -2.49. The smallest absolute Gasteiger partial charge is 0.223 e. The SMILES string of the molecule is Cl.NC1C2CCCC1CC(C(=O)NCCOc1ccccc1F)C2. The van der Waals surface area contributed by atoms with E-state index in [9.17, 15) is 9.18 Å². The van der Waals surface area contributed by atoms with E-state index in [2.05, 4.69) is 5.32 Å². The highest BCUT2D eigenvalue weighted by molar-refractivity contribution is 5.85. The summed E-state index contributed by atoms with van der Waals surface area (Å²) in [7, 11) is 0. The molecule has 2 aliphatic rings. The molecule has 24 heavy (non-hydrogen) atoms. The van der Waals surface area contributed by atoms with E-state index in [-0.39, 0.29) is 48.4 Å². The van der Waals surface area contributed by atoms with E-state index in [4.69, 9.17) is 10.5 Å². The van der Waals surface area contributed by atoms with Gasteiger partial charge in [0.2, 0.25) is 5.91 Å². The second-order valence-electron chi connectivity index (χ2n) is 6.77. The third-order valence-corrected chi connectivity index (χ3v) is 5.28. The summed E-state index contributed by atoms with van der Waals surface area (Å²) >= 11 is 0. The first kappa shape index (κ1) is 19.0. The molecule has 2 bridgehead atoms. The van der Waals surface area contributed by atoms with Gasteiger partial charge in [-0.1, -0.05) is 18.6 Å². The Kier molecular flexibility index (Phi) is 6.87. The van der Waals surface area contributed by atoms with Gasteiger partial charge in [-0.2, -0.15) is 0 Å². The van der Waals surface area contributed by atoms with Gasteiger partial charge in [0.05, 0.1) is 6.54 Å². The predicted molar refractivity (Wildman–Crippen MR) is 93.7 cm³/mol. The van der Waals surface area contributed by atoms with E-state index in [0.29, 0.717) is 18.4 Å². The number of hydrogen-bond acceptors (Lipinski definition) is 3. The average molecular weight is 357 g/mol. The van der Waals surface area contributed by atoms with Crippen LogP contribution in [0.1, 0.15) is 32.1 Å². The van der Waals surface area contributed by atoms with Crippen molar-refractivity contribution >= 4 is 18.3 Å². The van der Waals surface area contributed by atoms with Crippen LogP contribution in [0.15, 0.2) is 24.3 Å². The predicted octanol–water partition coefficient (Wildman–Crippen LogP) is 2.90. The number of nitrogens with one attached hydrogen (secondary N) is 1. The van der Waals surface area contributed by atoms with Crippen LogP contribution in [0.25, 0.3) is 0 Å². The van der Waals surface area contributed by atoms with E-state index in [1.807, 2.05) is 0 Å². The Morgan fingerprint density at radius 1 is 1.25 bits per heavy atom. The van der Waals surface area contributed by atoms with Gasteiger partial charge in [-0.15, -0.1) is 12.4 Å². The minimum absolute atomic E-state index is 0. The van der Waals surface area contributed by atoms with E-state index in [1.165, 1.54) is 12.5 Å². The fourth-order valence-corrected chi connectivity index (χ4v) is 4.04. The molecule has 134 valence electrons. The summed E-state index contributed by atoms with van der Waals surface area (Å²) in [6.07, 6.45) is 5.35. The van der Waals surface area contributed by atoms with Crippen molar-refractivity contribution in [1.29, 1.82) is 0 Å². The van der Waals surface area contributed by atoms with Gasteiger partial charge in [0, 0.05) is 12.0 Å². The molecule has 2 fully saturated rings. The van der Waals surface area contributed by atoms with Gasteiger partial charge in [0.1, 0.15) is 6.61 Å². The fraction of sp³-hybridized carbons (Fsp3) is 0.611. The minimum atomic E-state index is -0.382. The number of para-hydroxylation sites is 1. The molecular weight excluding hydrogens is 331 g/mol. The van der Waals surface area contributed by atoms with Crippen molar-refractivity contribution in [2.45, 2.75) is 38.1 Å². The van der Waals surface area contributed by atoms with Gasteiger partial charge < -0.3 is 15.8 Å². The van der Waals surface area contributed by atoms with Gasteiger partial charge in [-0.3, -0.25) is 4.79 Å². The molecule has 3 rings (SSSR count). The molecule has 2 atom stereocenters. The molecule has 1 amide bonds. The summed E-state index contributed by atoms with van der Waals surface area (Å²) in [6, 6.07) is 6.56. The second-order valence-corrected chi connectivity index (χ2v) is 6.77. The van der Waals surface area contributed by atoms with Gasteiger partial charge in [-0.25, -0.2) is 4.39 Å². The molecule has 0 saturated heterocycles. The lowest BCUT2D eigenvalue weighted by molar-refractivity contribution is -0.128. The standard InChI is InChI=1S/C18H25FN2O2.ClH/c19-15-6-1-2-7-16(15)23-9-8-21-18(22)14-10-12-4-3-5-13(11-14)17(12)20;/h1-2,6-7,12-14,17H,3-5,8-11,20H2,(H,21,22);1H. The Morgan fingerprint density at radius 2 is 1.92 bits per heavy atom. The summed E-state index contributed by atoms with van der Waals surface area (Å²) in [5.41, 5.74) is 6.26. The third kappa shape index (κ3) is 4.39. The Bertz CT molecular complexity index is 544. The van der Waals surface area contributed by atoms with Crippen molar-refractivity contribution in [2.75, 3.05) is 13.2 Å². The molecular formula is C18H26ClFN2O2. The minimum Gasteiger partial charge on any atom is -0.489 e. The lowest BCUT2D eigenvalue weighted by atomic mass is 9.65. The Hall–Kier alpha value is -1.33. The zero-order chi connectivity index (χ0) is 16.2. The number of carbonyl (C=O) groups excluding carboxylic acids is 1. The van der Waals surface area contributed by atoms with Crippen molar-refractivity contribution in [3.8, 4) is 5.75 Å².